The molecule has 0 aromatic heterocycles. The predicted molar refractivity (Wildman–Crippen MR) is 95.2 cm³/mol. The summed E-state index contributed by atoms with van der Waals surface area (Å²) in [5, 5.41) is 0. The van der Waals surface area contributed by atoms with E-state index >= 15 is 0 Å². The van der Waals surface area contributed by atoms with Crippen molar-refractivity contribution in [2.75, 3.05) is 12.3 Å². The van der Waals surface area contributed by atoms with Crippen LogP contribution in [-0.2, 0) is 0 Å². The molecule has 0 unspecified atom stereocenters. The van der Waals surface area contributed by atoms with Crippen molar-refractivity contribution < 1.29 is 9.53 Å². The van der Waals surface area contributed by atoms with E-state index in [1.54, 1.807) is 24.3 Å². The van der Waals surface area contributed by atoms with E-state index in [1.807, 2.05) is 18.2 Å². The Morgan fingerprint density at radius 3 is 2.35 bits per heavy atom. The van der Waals surface area contributed by atoms with Crippen LogP contribution in [0.25, 0.3) is 0 Å². The third-order valence-electron chi connectivity index (χ3n) is 3.61. The lowest BCUT2D eigenvalue weighted by Gasteiger charge is -2.16. The topological polar surface area (TPSA) is 52.3 Å². The summed E-state index contributed by atoms with van der Waals surface area (Å²) in [4.78, 5) is 12.7. The average molecular weight is 311 g/mol. The lowest BCUT2D eigenvalue weighted by atomic mass is 9.95. The number of rotatable bonds is 6. The monoisotopic (exact) mass is 311 g/mol. The normalized spacial score (nSPS) is 11.0. The Balaban J connectivity index is 2.33. The highest BCUT2D eigenvalue weighted by Gasteiger charge is 2.15. The Morgan fingerprint density at radius 2 is 1.74 bits per heavy atom. The number of ether oxygens (including phenoxy) is 1. The van der Waals surface area contributed by atoms with E-state index in [4.69, 9.17) is 10.5 Å². The van der Waals surface area contributed by atoms with Gasteiger partial charge in [0.25, 0.3) is 0 Å². The second-order valence-corrected chi connectivity index (χ2v) is 6.57. The van der Waals surface area contributed by atoms with E-state index < -0.39 is 0 Å². The quantitative estimate of drug-likeness (QED) is 0.623. The standard InChI is InChI=1S/C20H25NO2/c1-13(2)12-23-19-9-8-16(11-18(19)14(3)4)20(22)15-6-5-7-17(21)10-15/h5-11,13-14H,12,21H2,1-4H3. The Labute approximate surface area is 138 Å². The summed E-state index contributed by atoms with van der Waals surface area (Å²) in [6, 6.07) is 12.7. The second-order valence-electron chi connectivity index (χ2n) is 6.57. The molecule has 2 N–H and O–H groups in total. The number of anilines is 1. The molecule has 0 heterocycles. The first-order chi connectivity index (χ1) is 10.9. The van der Waals surface area contributed by atoms with E-state index in [9.17, 15) is 4.79 Å². The summed E-state index contributed by atoms with van der Waals surface area (Å²) in [5.74, 6) is 1.59. The molecule has 0 saturated heterocycles. The first-order valence-corrected chi connectivity index (χ1v) is 8.05. The van der Waals surface area contributed by atoms with Crippen LogP contribution in [0.4, 0.5) is 5.69 Å². The van der Waals surface area contributed by atoms with Crippen molar-refractivity contribution in [1.82, 2.24) is 0 Å². The number of carbonyl (C=O) groups is 1. The molecule has 0 aliphatic carbocycles. The van der Waals surface area contributed by atoms with Gasteiger partial charge in [0.2, 0.25) is 0 Å². The van der Waals surface area contributed by atoms with Gasteiger partial charge in [0.15, 0.2) is 5.78 Å². The molecule has 0 aliphatic heterocycles. The molecule has 122 valence electrons. The fourth-order valence-corrected chi connectivity index (χ4v) is 2.38. The van der Waals surface area contributed by atoms with Gasteiger partial charge in [0.05, 0.1) is 6.61 Å². The van der Waals surface area contributed by atoms with Crippen LogP contribution in [0.15, 0.2) is 42.5 Å². The SMILES string of the molecule is CC(C)COc1ccc(C(=O)c2cccc(N)c2)cc1C(C)C. The number of nitrogen functional groups attached to an aromatic ring is 1. The molecular formula is C20H25NO2. The molecule has 2 aromatic carbocycles. The number of hydrogen-bond acceptors (Lipinski definition) is 3. The zero-order valence-electron chi connectivity index (χ0n) is 14.3. The van der Waals surface area contributed by atoms with Gasteiger partial charge < -0.3 is 10.5 Å². The number of ketones is 1. The van der Waals surface area contributed by atoms with Crippen LogP contribution in [0.3, 0.4) is 0 Å². The maximum atomic E-state index is 12.7. The molecule has 0 radical (unpaired) electrons. The highest BCUT2D eigenvalue weighted by Crippen LogP contribution is 2.29. The van der Waals surface area contributed by atoms with Gasteiger partial charge in [-0.1, -0.05) is 39.8 Å². The van der Waals surface area contributed by atoms with Crippen molar-refractivity contribution in [3.63, 3.8) is 0 Å². The molecule has 0 amide bonds. The van der Waals surface area contributed by atoms with Crippen LogP contribution < -0.4 is 10.5 Å². The van der Waals surface area contributed by atoms with Gasteiger partial charge in [-0.05, 0) is 47.7 Å². The van der Waals surface area contributed by atoms with Gasteiger partial charge >= 0.3 is 0 Å². The van der Waals surface area contributed by atoms with Crippen LogP contribution in [0, 0.1) is 5.92 Å². The second kappa shape index (κ2) is 7.32. The van der Waals surface area contributed by atoms with Gasteiger partial charge in [-0.3, -0.25) is 4.79 Å². The summed E-state index contributed by atoms with van der Waals surface area (Å²) in [7, 11) is 0. The molecule has 0 fully saturated rings. The summed E-state index contributed by atoms with van der Waals surface area (Å²) >= 11 is 0. The van der Waals surface area contributed by atoms with Crippen molar-refractivity contribution in [2.45, 2.75) is 33.6 Å². The van der Waals surface area contributed by atoms with E-state index in [-0.39, 0.29) is 11.7 Å². The molecule has 0 saturated carbocycles. The van der Waals surface area contributed by atoms with Crippen LogP contribution in [-0.4, -0.2) is 12.4 Å². The summed E-state index contributed by atoms with van der Waals surface area (Å²) in [5.41, 5.74) is 8.69. The summed E-state index contributed by atoms with van der Waals surface area (Å²) in [6.45, 7) is 9.11. The van der Waals surface area contributed by atoms with Crippen molar-refractivity contribution in [2.24, 2.45) is 5.92 Å². The number of benzene rings is 2. The molecule has 0 spiro atoms. The van der Waals surface area contributed by atoms with Gasteiger partial charge in [-0.15, -0.1) is 0 Å². The third kappa shape index (κ3) is 4.35. The van der Waals surface area contributed by atoms with Gasteiger partial charge in [0, 0.05) is 16.8 Å². The van der Waals surface area contributed by atoms with E-state index in [1.165, 1.54) is 0 Å². The summed E-state index contributed by atoms with van der Waals surface area (Å²) in [6.07, 6.45) is 0. The van der Waals surface area contributed by atoms with Crippen LogP contribution in [0.5, 0.6) is 5.75 Å². The maximum absolute atomic E-state index is 12.7. The molecule has 2 rings (SSSR count). The molecule has 3 heteroatoms. The van der Waals surface area contributed by atoms with Gasteiger partial charge in [-0.25, -0.2) is 0 Å². The lowest BCUT2D eigenvalue weighted by Crippen LogP contribution is -2.08. The number of carbonyl (C=O) groups excluding carboxylic acids is 1. The smallest absolute Gasteiger partial charge is 0.193 e. The zero-order valence-corrected chi connectivity index (χ0v) is 14.3. The first-order valence-electron chi connectivity index (χ1n) is 8.05. The van der Waals surface area contributed by atoms with Crippen LogP contribution >= 0.6 is 0 Å². The highest BCUT2D eigenvalue weighted by molar-refractivity contribution is 6.09. The van der Waals surface area contributed by atoms with E-state index in [0.29, 0.717) is 29.3 Å². The maximum Gasteiger partial charge on any atom is 0.193 e. The average Bonchev–Trinajstić information content (AvgIpc) is 2.52. The highest BCUT2D eigenvalue weighted by atomic mass is 16.5. The first kappa shape index (κ1) is 17.1. The van der Waals surface area contributed by atoms with Crippen molar-refractivity contribution in [3.05, 3.63) is 59.2 Å². The molecule has 0 bridgehead atoms. The van der Waals surface area contributed by atoms with Crippen LogP contribution in [0.2, 0.25) is 0 Å². The van der Waals surface area contributed by atoms with Gasteiger partial charge in [0.1, 0.15) is 5.75 Å². The van der Waals surface area contributed by atoms with E-state index in [2.05, 4.69) is 27.7 Å². The zero-order chi connectivity index (χ0) is 17.0. The molecule has 0 atom stereocenters. The summed E-state index contributed by atoms with van der Waals surface area (Å²) < 4.78 is 5.89. The minimum absolute atomic E-state index is 0.0189. The molecule has 2 aromatic rings. The van der Waals surface area contributed by atoms with Crippen LogP contribution in [0.1, 0.15) is 55.1 Å². The Hall–Kier alpha value is -2.29. The molecular weight excluding hydrogens is 286 g/mol. The molecule has 23 heavy (non-hydrogen) atoms. The van der Waals surface area contributed by atoms with Crippen molar-refractivity contribution in [1.29, 1.82) is 0 Å². The minimum Gasteiger partial charge on any atom is -0.493 e. The van der Waals surface area contributed by atoms with E-state index in [0.717, 1.165) is 11.3 Å². The van der Waals surface area contributed by atoms with Crippen molar-refractivity contribution >= 4 is 11.5 Å². The largest absolute Gasteiger partial charge is 0.493 e. The van der Waals surface area contributed by atoms with Gasteiger partial charge in [-0.2, -0.15) is 0 Å². The fraction of sp³-hybridized carbons (Fsp3) is 0.350. The Bertz CT molecular complexity index is 690. The fourth-order valence-electron chi connectivity index (χ4n) is 2.38. The predicted octanol–water partition coefficient (Wildman–Crippen LogP) is 4.66. The Kier molecular flexibility index (Phi) is 5.43. The minimum atomic E-state index is -0.0189. The van der Waals surface area contributed by atoms with Crippen molar-refractivity contribution in [3.8, 4) is 5.75 Å². The number of hydrogen-bond donors (Lipinski definition) is 1. The third-order valence-corrected chi connectivity index (χ3v) is 3.61. The lowest BCUT2D eigenvalue weighted by molar-refractivity contribution is 0.103. The molecule has 0 aliphatic rings. The molecule has 3 nitrogen and oxygen atoms in total. The Morgan fingerprint density at radius 1 is 1.04 bits per heavy atom. The number of nitrogens with two attached hydrogens (primary N) is 1.